The van der Waals surface area contributed by atoms with Gasteiger partial charge in [-0.05, 0) is 6.42 Å². The Morgan fingerprint density at radius 3 is 2.29 bits per heavy atom. The molecule has 0 saturated carbocycles. The number of nitrogens with zero attached hydrogens (tertiary/aromatic N) is 3. The van der Waals surface area contributed by atoms with Crippen molar-refractivity contribution in [3.8, 4) is 0 Å². The van der Waals surface area contributed by atoms with Gasteiger partial charge in [-0.25, -0.2) is 0 Å². The van der Waals surface area contributed by atoms with Gasteiger partial charge in [0, 0.05) is 12.1 Å². The number of aromatic nitrogens is 3. The molecule has 128 valence electrons. The number of Topliss-reactive ketones (excluding diaryl/α,β-unsaturated/α-hetero) is 2. The fraction of sp³-hybridized carbons (Fsp3) is 0.474. The molecule has 0 aliphatic heterocycles. The van der Waals surface area contributed by atoms with Crippen molar-refractivity contribution in [1.29, 1.82) is 0 Å². The Balaban J connectivity index is 1.78. The van der Waals surface area contributed by atoms with Crippen LogP contribution in [0.25, 0.3) is 0 Å². The van der Waals surface area contributed by atoms with Crippen LogP contribution in [0, 0.1) is 0 Å². The third-order valence-electron chi connectivity index (χ3n) is 4.00. The van der Waals surface area contributed by atoms with Crippen molar-refractivity contribution in [2.24, 2.45) is 0 Å². The summed E-state index contributed by atoms with van der Waals surface area (Å²) in [6.45, 7) is 2.94. The first-order chi connectivity index (χ1) is 11.7. The topological polar surface area (TPSA) is 64.8 Å². The Morgan fingerprint density at radius 2 is 1.58 bits per heavy atom. The minimum atomic E-state index is -0.605. The molecule has 5 nitrogen and oxygen atoms in total. The van der Waals surface area contributed by atoms with Gasteiger partial charge in [0.15, 0.2) is 5.69 Å². The first-order valence-corrected chi connectivity index (χ1v) is 8.76. The normalized spacial score (nSPS) is 10.7. The van der Waals surface area contributed by atoms with Crippen molar-refractivity contribution in [1.82, 2.24) is 15.0 Å². The number of ketones is 2. The van der Waals surface area contributed by atoms with Crippen molar-refractivity contribution in [3.05, 3.63) is 47.8 Å². The Hall–Kier alpha value is -2.30. The van der Waals surface area contributed by atoms with Crippen LogP contribution in [-0.2, 0) is 6.54 Å². The van der Waals surface area contributed by atoms with Gasteiger partial charge in [0.25, 0.3) is 5.78 Å². The zero-order chi connectivity index (χ0) is 17.2. The average molecular weight is 327 g/mol. The lowest BCUT2D eigenvalue weighted by Gasteiger charge is -2.01. The Morgan fingerprint density at radius 1 is 0.917 bits per heavy atom. The molecular formula is C19H25N3O2. The summed E-state index contributed by atoms with van der Waals surface area (Å²) in [5, 5.41) is 7.80. The third kappa shape index (κ3) is 5.41. The van der Waals surface area contributed by atoms with Crippen LogP contribution in [0.3, 0.4) is 0 Å². The predicted molar refractivity (Wildman–Crippen MR) is 93.1 cm³/mol. The highest BCUT2D eigenvalue weighted by molar-refractivity contribution is 6.48. The molecule has 0 fully saturated rings. The molecular weight excluding hydrogens is 302 g/mol. The summed E-state index contributed by atoms with van der Waals surface area (Å²) in [6.07, 6.45) is 10.1. The second-order valence-corrected chi connectivity index (χ2v) is 6.01. The van der Waals surface area contributed by atoms with Gasteiger partial charge in [-0.15, -0.1) is 5.10 Å². The fourth-order valence-electron chi connectivity index (χ4n) is 2.58. The van der Waals surface area contributed by atoms with Gasteiger partial charge in [0.1, 0.15) is 0 Å². The average Bonchev–Trinajstić information content (AvgIpc) is 3.09. The van der Waals surface area contributed by atoms with Crippen LogP contribution in [0.1, 0.15) is 72.7 Å². The molecule has 0 radical (unpaired) electrons. The van der Waals surface area contributed by atoms with E-state index in [2.05, 4.69) is 17.2 Å². The van der Waals surface area contributed by atoms with Gasteiger partial charge in [-0.3, -0.25) is 14.3 Å². The van der Waals surface area contributed by atoms with E-state index >= 15 is 0 Å². The molecule has 2 aromatic rings. The van der Waals surface area contributed by atoms with E-state index in [0.29, 0.717) is 5.56 Å². The highest BCUT2D eigenvalue weighted by atomic mass is 16.2. The smallest absolute Gasteiger partial charge is 0.255 e. The van der Waals surface area contributed by atoms with E-state index in [-0.39, 0.29) is 5.69 Å². The number of carbonyl (C=O) groups is 2. The van der Waals surface area contributed by atoms with Crippen LogP contribution < -0.4 is 0 Å². The van der Waals surface area contributed by atoms with Crippen molar-refractivity contribution in [2.75, 3.05) is 0 Å². The van der Waals surface area contributed by atoms with E-state index in [0.717, 1.165) is 19.4 Å². The number of carbonyl (C=O) groups excluding carboxylic acids is 2. The second kappa shape index (κ2) is 9.75. The van der Waals surface area contributed by atoms with Crippen LogP contribution >= 0.6 is 0 Å². The summed E-state index contributed by atoms with van der Waals surface area (Å²) in [5.74, 6) is -1.15. The van der Waals surface area contributed by atoms with E-state index < -0.39 is 11.6 Å². The number of rotatable bonds is 11. The van der Waals surface area contributed by atoms with Crippen LogP contribution in [0.2, 0.25) is 0 Å². The molecule has 2 rings (SSSR count). The minimum absolute atomic E-state index is 0.117. The molecule has 0 N–H and O–H groups in total. The van der Waals surface area contributed by atoms with E-state index in [1.165, 1.54) is 32.1 Å². The van der Waals surface area contributed by atoms with Gasteiger partial charge in [-0.1, -0.05) is 81.0 Å². The monoisotopic (exact) mass is 327 g/mol. The van der Waals surface area contributed by atoms with Crippen molar-refractivity contribution >= 4 is 11.6 Å². The number of aryl methyl sites for hydroxylation is 1. The van der Waals surface area contributed by atoms with Gasteiger partial charge >= 0.3 is 0 Å². The maximum atomic E-state index is 12.2. The SMILES string of the molecule is CCCCCCCCCn1cc(C(=O)C(=O)c2ccccc2)nn1. The standard InChI is InChI=1S/C19H25N3O2/c1-2-3-4-5-6-7-11-14-22-15-17(20-21-22)19(24)18(23)16-12-9-8-10-13-16/h8-10,12-13,15H,2-7,11,14H2,1H3. The van der Waals surface area contributed by atoms with Gasteiger partial charge in [0.05, 0.1) is 6.20 Å². The molecule has 0 spiro atoms. The first kappa shape index (κ1) is 18.0. The van der Waals surface area contributed by atoms with E-state index in [1.807, 2.05) is 0 Å². The molecule has 0 atom stereocenters. The summed E-state index contributed by atoms with van der Waals surface area (Å²) in [6, 6.07) is 8.53. The minimum Gasteiger partial charge on any atom is -0.285 e. The summed E-state index contributed by atoms with van der Waals surface area (Å²) < 4.78 is 1.65. The molecule has 1 heterocycles. The van der Waals surface area contributed by atoms with Crippen LogP contribution in [0.15, 0.2) is 36.5 Å². The maximum Gasteiger partial charge on any atom is 0.255 e. The largest absolute Gasteiger partial charge is 0.285 e. The molecule has 0 bridgehead atoms. The molecule has 0 amide bonds. The number of hydrogen-bond acceptors (Lipinski definition) is 4. The molecule has 0 unspecified atom stereocenters. The van der Waals surface area contributed by atoms with Crippen molar-refractivity contribution in [2.45, 2.75) is 58.4 Å². The zero-order valence-corrected chi connectivity index (χ0v) is 14.3. The molecule has 1 aromatic heterocycles. The highest BCUT2D eigenvalue weighted by Gasteiger charge is 2.21. The molecule has 0 aliphatic rings. The summed E-state index contributed by atoms with van der Waals surface area (Å²) in [5.41, 5.74) is 0.496. The quantitative estimate of drug-likeness (QED) is 0.354. The zero-order valence-electron chi connectivity index (χ0n) is 14.3. The Kier molecular flexibility index (Phi) is 7.33. The summed E-state index contributed by atoms with van der Waals surface area (Å²) in [7, 11) is 0. The molecule has 0 saturated heterocycles. The Labute approximate surface area is 143 Å². The van der Waals surface area contributed by atoms with E-state index in [4.69, 9.17) is 0 Å². The molecule has 5 heteroatoms. The van der Waals surface area contributed by atoms with E-state index in [9.17, 15) is 9.59 Å². The van der Waals surface area contributed by atoms with Crippen LogP contribution in [0.5, 0.6) is 0 Å². The summed E-state index contributed by atoms with van der Waals surface area (Å²) >= 11 is 0. The lowest BCUT2D eigenvalue weighted by molar-refractivity contribution is 0.0814. The van der Waals surface area contributed by atoms with Crippen molar-refractivity contribution < 1.29 is 9.59 Å². The fourth-order valence-corrected chi connectivity index (χ4v) is 2.58. The molecule has 1 aromatic carbocycles. The van der Waals surface area contributed by atoms with Crippen LogP contribution in [-0.4, -0.2) is 26.6 Å². The lowest BCUT2D eigenvalue weighted by atomic mass is 10.1. The molecule has 24 heavy (non-hydrogen) atoms. The van der Waals surface area contributed by atoms with Crippen molar-refractivity contribution in [3.63, 3.8) is 0 Å². The maximum absolute atomic E-state index is 12.2. The van der Waals surface area contributed by atoms with Crippen LogP contribution in [0.4, 0.5) is 0 Å². The number of benzene rings is 1. The number of hydrogen-bond donors (Lipinski definition) is 0. The van der Waals surface area contributed by atoms with Gasteiger partial charge < -0.3 is 0 Å². The first-order valence-electron chi connectivity index (χ1n) is 8.76. The molecule has 0 aliphatic carbocycles. The predicted octanol–water partition coefficient (Wildman–Crippen LogP) is 4.09. The van der Waals surface area contributed by atoms with E-state index in [1.54, 1.807) is 41.2 Å². The lowest BCUT2D eigenvalue weighted by Crippen LogP contribution is -2.14. The van der Waals surface area contributed by atoms with Gasteiger partial charge in [0.2, 0.25) is 5.78 Å². The Bertz CT molecular complexity index is 650. The highest BCUT2D eigenvalue weighted by Crippen LogP contribution is 2.09. The third-order valence-corrected chi connectivity index (χ3v) is 4.00. The van der Waals surface area contributed by atoms with Gasteiger partial charge in [-0.2, -0.15) is 0 Å². The summed E-state index contributed by atoms with van der Waals surface area (Å²) in [4.78, 5) is 24.3. The second-order valence-electron chi connectivity index (χ2n) is 6.01. The number of unbranched alkanes of at least 4 members (excludes halogenated alkanes) is 6.